The molecule has 1 aliphatic rings. The fourth-order valence-corrected chi connectivity index (χ4v) is 2.60. The minimum absolute atomic E-state index is 0.627. The zero-order valence-electron chi connectivity index (χ0n) is 11.7. The first-order valence-corrected chi connectivity index (χ1v) is 7.53. The van der Waals surface area contributed by atoms with Crippen molar-refractivity contribution in [3.63, 3.8) is 0 Å². The van der Waals surface area contributed by atoms with E-state index in [1.807, 2.05) is 6.07 Å². The van der Waals surface area contributed by atoms with Gasteiger partial charge in [0, 0.05) is 6.04 Å². The van der Waals surface area contributed by atoms with Gasteiger partial charge >= 0.3 is 0 Å². The maximum absolute atomic E-state index is 5.70. The average molecular weight is 262 g/mol. The molecule has 19 heavy (non-hydrogen) atoms. The summed E-state index contributed by atoms with van der Waals surface area (Å²) in [5.74, 6) is 0.972. The summed E-state index contributed by atoms with van der Waals surface area (Å²) in [6.07, 6.45) is 7.34. The molecule has 1 aromatic carbocycles. The maximum Gasteiger partial charge on any atom is 0.119 e. The standard InChI is InChI=1S/C16H26N2O/c17-9-5-11-19-16-8-4-6-14(13-16)12-15-7-2-1-3-10-18-15/h4,6,8,13,15,18H,1-3,5,7,9-12,17H2. The number of ether oxygens (including phenoxy) is 1. The molecule has 3 heteroatoms. The van der Waals surface area contributed by atoms with E-state index >= 15 is 0 Å². The van der Waals surface area contributed by atoms with Crippen LogP contribution in [0, 0.1) is 0 Å². The lowest BCUT2D eigenvalue weighted by molar-refractivity contribution is 0.313. The lowest BCUT2D eigenvalue weighted by Gasteiger charge is -2.16. The van der Waals surface area contributed by atoms with Gasteiger partial charge in [0.1, 0.15) is 5.75 Å². The van der Waals surface area contributed by atoms with Gasteiger partial charge in [-0.05, 0) is 56.5 Å². The number of nitrogens with two attached hydrogens (primary N) is 1. The van der Waals surface area contributed by atoms with Gasteiger partial charge in [0.05, 0.1) is 6.61 Å². The molecule has 1 atom stereocenters. The van der Waals surface area contributed by atoms with E-state index in [0.717, 1.165) is 25.1 Å². The van der Waals surface area contributed by atoms with Crippen LogP contribution in [0.5, 0.6) is 5.75 Å². The fraction of sp³-hybridized carbons (Fsp3) is 0.625. The Morgan fingerprint density at radius 3 is 3.11 bits per heavy atom. The van der Waals surface area contributed by atoms with Gasteiger partial charge in [-0.2, -0.15) is 0 Å². The highest BCUT2D eigenvalue weighted by Crippen LogP contribution is 2.17. The van der Waals surface area contributed by atoms with Gasteiger partial charge in [0.2, 0.25) is 0 Å². The summed E-state index contributed by atoms with van der Waals surface area (Å²) in [4.78, 5) is 0. The summed E-state index contributed by atoms with van der Waals surface area (Å²) in [7, 11) is 0. The molecule has 1 saturated heterocycles. The molecular weight excluding hydrogens is 236 g/mol. The number of hydrogen-bond acceptors (Lipinski definition) is 3. The Morgan fingerprint density at radius 1 is 1.26 bits per heavy atom. The van der Waals surface area contributed by atoms with Crippen molar-refractivity contribution < 1.29 is 4.74 Å². The minimum atomic E-state index is 0.627. The summed E-state index contributed by atoms with van der Waals surface area (Å²) < 4.78 is 5.70. The van der Waals surface area contributed by atoms with E-state index in [9.17, 15) is 0 Å². The zero-order chi connectivity index (χ0) is 13.3. The predicted molar refractivity (Wildman–Crippen MR) is 79.6 cm³/mol. The first-order valence-electron chi connectivity index (χ1n) is 7.53. The molecule has 0 spiro atoms. The van der Waals surface area contributed by atoms with Gasteiger partial charge in [0.15, 0.2) is 0 Å². The molecule has 0 aromatic heterocycles. The van der Waals surface area contributed by atoms with Crippen LogP contribution in [-0.2, 0) is 6.42 Å². The highest BCUT2D eigenvalue weighted by molar-refractivity contribution is 5.29. The van der Waals surface area contributed by atoms with E-state index in [2.05, 4.69) is 23.5 Å². The summed E-state index contributed by atoms with van der Waals surface area (Å²) in [5.41, 5.74) is 6.84. The lowest BCUT2D eigenvalue weighted by Crippen LogP contribution is -2.30. The largest absolute Gasteiger partial charge is 0.494 e. The van der Waals surface area contributed by atoms with Gasteiger partial charge in [0.25, 0.3) is 0 Å². The molecule has 1 fully saturated rings. The smallest absolute Gasteiger partial charge is 0.119 e. The van der Waals surface area contributed by atoms with Crippen LogP contribution < -0.4 is 15.8 Å². The third kappa shape index (κ3) is 5.21. The van der Waals surface area contributed by atoms with E-state index in [1.54, 1.807) is 0 Å². The van der Waals surface area contributed by atoms with Crippen LogP contribution in [0.3, 0.4) is 0 Å². The molecule has 1 aliphatic heterocycles. The molecule has 0 amide bonds. The van der Waals surface area contributed by atoms with Crippen molar-refractivity contribution in [1.29, 1.82) is 0 Å². The van der Waals surface area contributed by atoms with Gasteiger partial charge in [-0.25, -0.2) is 0 Å². The van der Waals surface area contributed by atoms with E-state index in [-0.39, 0.29) is 0 Å². The quantitative estimate of drug-likeness (QED) is 0.774. The second-order valence-electron chi connectivity index (χ2n) is 5.34. The molecule has 0 bridgehead atoms. The van der Waals surface area contributed by atoms with E-state index < -0.39 is 0 Å². The second kappa shape index (κ2) is 8.18. The third-order valence-corrected chi connectivity index (χ3v) is 3.66. The summed E-state index contributed by atoms with van der Waals surface area (Å²) >= 11 is 0. The summed E-state index contributed by atoms with van der Waals surface area (Å²) in [5, 5.41) is 3.64. The van der Waals surface area contributed by atoms with Crippen molar-refractivity contribution >= 4 is 0 Å². The van der Waals surface area contributed by atoms with Crippen LogP contribution in [0.25, 0.3) is 0 Å². The first kappa shape index (κ1) is 14.4. The number of benzene rings is 1. The Balaban J connectivity index is 1.86. The lowest BCUT2D eigenvalue weighted by atomic mass is 10.0. The Hall–Kier alpha value is -1.06. The molecule has 1 heterocycles. The molecule has 3 nitrogen and oxygen atoms in total. The van der Waals surface area contributed by atoms with E-state index in [4.69, 9.17) is 10.5 Å². The monoisotopic (exact) mass is 262 g/mol. The van der Waals surface area contributed by atoms with Crippen molar-refractivity contribution in [2.24, 2.45) is 5.73 Å². The summed E-state index contributed by atoms with van der Waals surface area (Å²) in [6.45, 7) is 2.56. The van der Waals surface area contributed by atoms with Crippen LogP contribution in [0.4, 0.5) is 0 Å². The van der Waals surface area contributed by atoms with Gasteiger partial charge < -0.3 is 15.8 Å². The van der Waals surface area contributed by atoms with Crippen molar-refractivity contribution in [3.8, 4) is 5.75 Å². The minimum Gasteiger partial charge on any atom is -0.494 e. The third-order valence-electron chi connectivity index (χ3n) is 3.66. The predicted octanol–water partition coefficient (Wildman–Crippen LogP) is 2.49. The molecule has 0 radical (unpaired) electrons. The fourth-order valence-electron chi connectivity index (χ4n) is 2.60. The van der Waals surface area contributed by atoms with Crippen LogP contribution in [-0.4, -0.2) is 25.7 Å². The molecule has 0 aliphatic carbocycles. The normalized spacial score (nSPS) is 19.9. The Kier molecular flexibility index (Phi) is 6.18. The van der Waals surface area contributed by atoms with Crippen LogP contribution in [0.2, 0.25) is 0 Å². The van der Waals surface area contributed by atoms with E-state index in [1.165, 1.54) is 31.2 Å². The highest BCUT2D eigenvalue weighted by Gasteiger charge is 2.12. The van der Waals surface area contributed by atoms with Crippen molar-refractivity contribution in [2.75, 3.05) is 19.7 Å². The molecule has 3 N–H and O–H groups in total. The van der Waals surface area contributed by atoms with Gasteiger partial charge in [-0.1, -0.05) is 25.0 Å². The Morgan fingerprint density at radius 2 is 2.21 bits per heavy atom. The summed E-state index contributed by atoms with van der Waals surface area (Å²) in [6, 6.07) is 9.11. The van der Waals surface area contributed by atoms with Gasteiger partial charge in [-0.3, -0.25) is 0 Å². The van der Waals surface area contributed by atoms with Crippen LogP contribution in [0.1, 0.15) is 37.7 Å². The molecule has 1 aromatic rings. The van der Waals surface area contributed by atoms with E-state index in [0.29, 0.717) is 19.2 Å². The maximum atomic E-state index is 5.70. The number of rotatable bonds is 6. The highest BCUT2D eigenvalue weighted by atomic mass is 16.5. The molecule has 106 valence electrons. The average Bonchev–Trinajstić information content (AvgIpc) is 2.68. The molecule has 0 saturated carbocycles. The van der Waals surface area contributed by atoms with Gasteiger partial charge in [-0.15, -0.1) is 0 Å². The first-order chi connectivity index (χ1) is 9.38. The number of nitrogens with one attached hydrogen (secondary N) is 1. The molecule has 1 unspecified atom stereocenters. The van der Waals surface area contributed by atoms with Crippen LogP contribution >= 0.6 is 0 Å². The topological polar surface area (TPSA) is 47.3 Å². The van der Waals surface area contributed by atoms with Crippen molar-refractivity contribution in [2.45, 2.75) is 44.6 Å². The zero-order valence-corrected chi connectivity index (χ0v) is 11.7. The molecule has 2 rings (SSSR count). The van der Waals surface area contributed by atoms with Crippen molar-refractivity contribution in [3.05, 3.63) is 29.8 Å². The van der Waals surface area contributed by atoms with Crippen molar-refractivity contribution in [1.82, 2.24) is 5.32 Å². The SMILES string of the molecule is NCCCOc1cccc(CC2CCCCCN2)c1. The Bertz CT molecular complexity index is 360. The van der Waals surface area contributed by atoms with Crippen LogP contribution in [0.15, 0.2) is 24.3 Å². The Labute approximate surface area is 116 Å². The number of hydrogen-bond donors (Lipinski definition) is 2. The second-order valence-corrected chi connectivity index (χ2v) is 5.34. The molecular formula is C16H26N2O.